The number of rotatable bonds is 4. The van der Waals surface area contributed by atoms with Crippen molar-refractivity contribution in [2.24, 2.45) is 0 Å². The van der Waals surface area contributed by atoms with Crippen LogP contribution in [-0.2, 0) is 0 Å². The van der Waals surface area contributed by atoms with Crippen LogP contribution in [0.15, 0.2) is 60.7 Å². The quantitative estimate of drug-likeness (QED) is 0.686. The Kier molecular flexibility index (Phi) is 3.98. The molecule has 0 aliphatic heterocycles. The Balaban J connectivity index is 2.25. The summed E-state index contributed by atoms with van der Waals surface area (Å²) in [6, 6.07) is 21.6. The predicted molar refractivity (Wildman–Crippen MR) is 74.3 cm³/mol. The van der Waals surface area contributed by atoms with Crippen LogP contribution in [0.2, 0.25) is 0 Å². The molecule has 0 saturated heterocycles. The second kappa shape index (κ2) is 5.67. The van der Waals surface area contributed by atoms with E-state index in [2.05, 4.69) is 74.5 Å². The SMILES string of the molecule is CCC(c1ccccc1)[C@H](C)c1ccccc1. The van der Waals surface area contributed by atoms with E-state index in [-0.39, 0.29) is 0 Å². The van der Waals surface area contributed by atoms with Crippen molar-refractivity contribution in [3.05, 3.63) is 71.8 Å². The second-order valence-electron chi connectivity index (χ2n) is 4.62. The molecule has 2 aromatic carbocycles. The van der Waals surface area contributed by atoms with Crippen LogP contribution in [-0.4, -0.2) is 0 Å². The third-order valence-electron chi connectivity index (χ3n) is 3.60. The van der Waals surface area contributed by atoms with E-state index >= 15 is 0 Å². The lowest BCUT2D eigenvalue weighted by atomic mass is 9.81. The molecule has 0 nitrogen and oxygen atoms in total. The summed E-state index contributed by atoms with van der Waals surface area (Å²) in [6.07, 6.45) is 1.18. The first-order valence-corrected chi connectivity index (χ1v) is 6.42. The summed E-state index contributed by atoms with van der Waals surface area (Å²) in [5, 5.41) is 0. The van der Waals surface area contributed by atoms with Crippen molar-refractivity contribution in [2.45, 2.75) is 32.1 Å². The standard InChI is InChI=1S/C17H20/c1-3-17(16-12-8-5-9-13-16)14(2)15-10-6-4-7-11-15/h4-14,17H,3H2,1-2H3/t14-,17?/m1/s1. The number of hydrogen-bond acceptors (Lipinski definition) is 0. The Morgan fingerprint density at radius 2 is 1.24 bits per heavy atom. The first-order chi connectivity index (χ1) is 8.33. The highest BCUT2D eigenvalue weighted by atomic mass is 14.2. The fourth-order valence-corrected chi connectivity index (χ4v) is 2.57. The Morgan fingerprint density at radius 3 is 1.71 bits per heavy atom. The van der Waals surface area contributed by atoms with Crippen LogP contribution in [0.25, 0.3) is 0 Å². The van der Waals surface area contributed by atoms with E-state index in [1.165, 1.54) is 17.5 Å². The first-order valence-electron chi connectivity index (χ1n) is 6.42. The minimum atomic E-state index is 0.573. The zero-order chi connectivity index (χ0) is 12.1. The first kappa shape index (κ1) is 11.9. The van der Waals surface area contributed by atoms with Crippen molar-refractivity contribution < 1.29 is 0 Å². The lowest BCUT2D eigenvalue weighted by Gasteiger charge is -2.23. The van der Waals surface area contributed by atoms with E-state index in [0.717, 1.165) is 0 Å². The molecule has 0 saturated carbocycles. The summed E-state index contributed by atoms with van der Waals surface area (Å²) >= 11 is 0. The molecule has 2 aromatic rings. The Hall–Kier alpha value is -1.56. The maximum Gasteiger partial charge on any atom is -0.00984 e. The van der Waals surface area contributed by atoms with Gasteiger partial charge < -0.3 is 0 Å². The van der Waals surface area contributed by atoms with Gasteiger partial charge in [-0.3, -0.25) is 0 Å². The van der Waals surface area contributed by atoms with Crippen molar-refractivity contribution in [1.29, 1.82) is 0 Å². The molecular weight excluding hydrogens is 204 g/mol. The number of benzene rings is 2. The molecule has 0 aliphatic rings. The van der Waals surface area contributed by atoms with Gasteiger partial charge in [-0.15, -0.1) is 0 Å². The van der Waals surface area contributed by atoms with Gasteiger partial charge in [-0.05, 0) is 29.4 Å². The summed E-state index contributed by atoms with van der Waals surface area (Å²) in [5.74, 6) is 1.18. The predicted octanol–water partition coefficient (Wildman–Crippen LogP) is 4.98. The third kappa shape index (κ3) is 2.76. The van der Waals surface area contributed by atoms with Crippen LogP contribution in [0, 0.1) is 0 Å². The largest absolute Gasteiger partial charge is 0.0648 e. The highest BCUT2D eigenvalue weighted by Crippen LogP contribution is 2.34. The topological polar surface area (TPSA) is 0 Å². The molecule has 17 heavy (non-hydrogen) atoms. The summed E-state index contributed by atoms with van der Waals surface area (Å²) < 4.78 is 0. The average molecular weight is 224 g/mol. The van der Waals surface area contributed by atoms with E-state index in [1.807, 2.05) is 0 Å². The van der Waals surface area contributed by atoms with Crippen molar-refractivity contribution >= 4 is 0 Å². The minimum absolute atomic E-state index is 0.573. The van der Waals surface area contributed by atoms with Gasteiger partial charge in [0.1, 0.15) is 0 Å². The van der Waals surface area contributed by atoms with Crippen molar-refractivity contribution in [3.8, 4) is 0 Å². The van der Waals surface area contributed by atoms with Gasteiger partial charge in [-0.1, -0.05) is 74.5 Å². The fraction of sp³-hybridized carbons (Fsp3) is 0.294. The van der Waals surface area contributed by atoms with Gasteiger partial charge in [0, 0.05) is 0 Å². The maximum atomic E-state index is 2.33. The zero-order valence-electron chi connectivity index (χ0n) is 10.6. The monoisotopic (exact) mass is 224 g/mol. The van der Waals surface area contributed by atoms with E-state index in [0.29, 0.717) is 11.8 Å². The molecule has 0 heterocycles. The van der Waals surface area contributed by atoms with Crippen LogP contribution in [0.4, 0.5) is 0 Å². The highest BCUT2D eigenvalue weighted by Gasteiger charge is 2.18. The van der Waals surface area contributed by atoms with Crippen LogP contribution in [0.1, 0.15) is 43.2 Å². The van der Waals surface area contributed by atoms with Crippen LogP contribution in [0.5, 0.6) is 0 Å². The zero-order valence-corrected chi connectivity index (χ0v) is 10.6. The van der Waals surface area contributed by atoms with Crippen molar-refractivity contribution in [2.75, 3.05) is 0 Å². The smallest absolute Gasteiger partial charge is 0.00984 e. The molecule has 0 fully saturated rings. The van der Waals surface area contributed by atoms with Crippen LogP contribution in [0.3, 0.4) is 0 Å². The molecule has 0 bridgehead atoms. The molecule has 2 rings (SSSR count). The molecule has 0 amide bonds. The lowest BCUT2D eigenvalue weighted by molar-refractivity contribution is 0.559. The van der Waals surface area contributed by atoms with Gasteiger partial charge in [-0.2, -0.15) is 0 Å². The van der Waals surface area contributed by atoms with E-state index < -0.39 is 0 Å². The summed E-state index contributed by atoms with van der Waals surface area (Å²) in [5.41, 5.74) is 2.88. The van der Waals surface area contributed by atoms with Gasteiger partial charge in [0.2, 0.25) is 0 Å². The van der Waals surface area contributed by atoms with Gasteiger partial charge in [-0.25, -0.2) is 0 Å². The molecule has 0 spiro atoms. The normalized spacial score (nSPS) is 14.2. The van der Waals surface area contributed by atoms with E-state index in [9.17, 15) is 0 Å². The van der Waals surface area contributed by atoms with Crippen molar-refractivity contribution in [1.82, 2.24) is 0 Å². The highest BCUT2D eigenvalue weighted by molar-refractivity contribution is 5.27. The molecule has 0 aliphatic carbocycles. The molecule has 0 radical (unpaired) electrons. The molecule has 0 aromatic heterocycles. The summed E-state index contributed by atoms with van der Waals surface area (Å²) in [7, 11) is 0. The van der Waals surface area contributed by atoms with Gasteiger partial charge >= 0.3 is 0 Å². The maximum absolute atomic E-state index is 2.33. The second-order valence-corrected chi connectivity index (χ2v) is 4.62. The lowest BCUT2D eigenvalue weighted by Crippen LogP contribution is -2.07. The average Bonchev–Trinajstić information content (AvgIpc) is 2.42. The third-order valence-corrected chi connectivity index (χ3v) is 3.60. The molecule has 1 unspecified atom stereocenters. The summed E-state index contributed by atoms with van der Waals surface area (Å²) in [6.45, 7) is 4.60. The Labute approximate surface area is 104 Å². The molecule has 0 heteroatoms. The van der Waals surface area contributed by atoms with Crippen molar-refractivity contribution in [3.63, 3.8) is 0 Å². The Bertz CT molecular complexity index is 430. The molecule has 88 valence electrons. The van der Waals surface area contributed by atoms with E-state index in [1.54, 1.807) is 0 Å². The molecule has 0 N–H and O–H groups in total. The number of hydrogen-bond donors (Lipinski definition) is 0. The molecule has 2 atom stereocenters. The summed E-state index contributed by atoms with van der Waals surface area (Å²) in [4.78, 5) is 0. The fourth-order valence-electron chi connectivity index (χ4n) is 2.57. The molecular formula is C17H20. The van der Waals surface area contributed by atoms with E-state index in [4.69, 9.17) is 0 Å². The van der Waals surface area contributed by atoms with Crippen LogP contribution < -0.4 is 0 Å². The van der Waals surface area contributed by atoms with Crippen LogP contribution >= 0.6 is 0 Å². The van der Waals surface area contributed by atoms with Gasteiger partial charge in [0.25, 0.3) is 0 Å². The minimum Gasteiger partial charge on any atom is -0.0648 e. The Morgan fingerprint density at radius 1 is 0.765 bits per heavy atom. The van der Waals surface area contributed by atoms with Gasteiger partial charge in [0.05, 0.1) is 0 Å². The van der Waals surface area contributed by atoms with Gasteiger partial charge in [0.15, 0.2) is 0 Å².